The molecule has 0 spiro atoms. The molecule has 2 atom stereocenters. The molecule has 2 saturated heterocycles. The van der Waals surface area contributed by atoms with Gasteiger partial charge in [-0.1, -0.05) is 29.3 Å². The van der Waals surface area contributed by atoms with Crippen molar-refractivity contribution in [2.24, 2.45) is 0 Å². The normalized spacial score (nSPS) is 26.7. The number of amides is 1. The molecule has 0 aliphatic carbocycles. The summed E-state index contributed by atoms with van der Waals surface area (Å²) in [6, 6.07) is 5.26. The molecule has 1 aromatic rings. The largest absolute Gasteiger partial charge is 0.337 e. The summed E-state index contributed by atoms with van der Waals surface area (Å²) in [4.78, 5) is 16.4. The second kappa shape index (κ2) is 6.73. The maximum absolute atomic E-state index is 13.5. The molecule has 2 aliphatic heterocycles. The minimum Gasteiger partial charge on any atom is -0.337 e. The quantitative estimate of drug-likeness (QED) is 0.837. The standard InChI is InChI=1S/C16H19Cl2FN2O/c17-13-4-3-11(8-14(13)18)9-21-7-5-15(16(21)22)20-6-1-2-12(19)10-20/h3-4,8,12,15H,1-2,5-7,9-10H2/t12-,15?/m1/s1. The lowest BCUT2D eigenvalue weighted by molar-refractivity contribution is -0.133. The highest BCUT2D eigenvalue weighted by molar-refractivity contribution is 6.42. The molecular formula is C16H19Cl2FN2O. The van der Waals surface area contributed by atoms with Gasteiger partial charge in [0.1, 0.15) is 6.17 Å². The highest BCUT2D eigenvalue weighted by Gasteiger charge is 2.37. The Bertz CT molecular complexity index is 569. The van der Waals surface area contributed by atoms with Crippen molar-refractivity contribution in [1.82, 2.24) is 9.80 Å². The zero-order valence-corrected chi connectivity index (χ0v) is 13.8. The predicted octanol–water partition coefficient (Wildman–Crippen LogP) is 3.53. The van der Waals surface area contributed by atoms with Crippen LogP contribution in [0.3, 0.4) is 0 Å². The van der Waals surface area contributed by atoms with Crippen molar-refractivity contribution in [2.75, 3.05) is 19.6 Å². The van der Waals surface area contributed by atoms with Crippen LogP contribution in [0.5, 0.6) is 0 Å². The smallest absolute Gasteiger partial charge is 0.240 e. The van der Waals surface area contributed by atoms with Gasteiger partial charge in [-0.2, -0.15) is 0 Å². The second-order valence-corrected chi connectivity index (χ2v) is 6.86. The average Bonchev–Trinajstić information content (AvgIpc) is 2.84. The van der Waals surface area contributed by atoms with Gasteiger partial charge >= 0.3 is 0 Å². The molecule has 2 aliphatic rings. The third-order valence-electron chi connectivity index (χ3n) is 4.46. The number of halogens is 3. The van der Waals surface area contributed by atoms with Crippen LogP contribution >= 0.6 is 23.2 Å². The van der Waals surface area contributed by atoms with E-state index in [-0.39, 0.29) is 11.9 Å². The maximum atomic E-state index is 13.5. The zero-order valence-electron chi connectivity index (χ0n) is 12.3. The Kier molecular flexibility index (Phi) is 4.91. The van der Waals surface area contributed by atoms with Crippen LogP contribution in [0, 0.1) is 0 Å². The summed E-state index contributed by atoms with van der Waals surface area (Å²) in [5.74, 6) is 0.0974. The first-order valence-electron chi connectivity index (χ1n) is 7.65. The van der Waals surface area contributed by atoms with Gasteiger partial charge in [0, 0.05) is 19.6 Å². The number of alkyl halides is 1. The minimum absolute atomic E-state index is 0.0974. The van der Waals surface area contributed by atoms with Crippen molar-refractivity contribution >= 4 is 29.1 Å². The summed E-state index contributed by atoms with van der Waals surface area (Å²) in [6.07, 6.45) is 1.42. The molecule has 2 heterocycles. The van der Waals surface area contributed by atoms with Gasteiger partial charge < -0.3 is 4.90 Å². The summed E-state index contributed by atoms with van der Waals surface area (Å²) < 4.78 is 13.5. The Labute approximate surface area is 140 Å². The first-order chi connectivity index (χ1) is 10.5. The Balaban J connectivity index is 1.64. The fraction of sp³-hybridized carbons (Fsp3) is 0.562. The van der Waals surface area contributed by atoms with Gasteiger partial charge in [0.05, 0.1) is 16.1 Å². The molecule has 0 radical (unpaired) electrons. The van der Waals surface area contributed by atoms with E-state index in [2.05, 4.69) is 0 Å². The van der Waals surface area contributed by atoms with Crippen molar-refractivity contribution in [2.45, 2.75) is 38.0 Å². The number of nitrogens with zero attached hydrogens (tertiary/aromatic N) is 2. The van der Waals surface area contributed by atoms with E-state index >= 15 is 0 Å². The van der Waals surface area contributed by atoms with Crippen LogP contribution < -0.4 is 0 Å². The number of piperidine rings is 1. The number of carbonyl (C=O) groups is 1. The fourth-order valence-electron chi connectivity index (χ4n) is 3.31. The first kappa shape index (κ1) is 16.0. The van der Waals surface area contributed by atoms with E-state index in [1.165, 1.54) is 0 Å². The molecule has 1 unspecified atom stereocenters. The molecule has 0 saturated carbocycles. The lowest BCUT2D eigenvalue weighted by Crippen LogP contribution is -2.47. The third kappa shape index (κ3) is 3.39. The molecule has 1 aromatic carbocycles. The minimum atomic E-state index is -0.800. The topological polar surface area (TPSA) is 23.6 Å². The zero-order chi connectivity index (χ0) is 15.7. The molecule has 22 heavy (non-hydrogen) atoms. The van der Waals surface area contributed by atoms with Crippen LogP contribution in [0.15, 0.2) is 18.2 Å². The molecule has 3 nitrogen and oxygen atoms in total. The van der Waals surface area contributed by atoms with Crippen LogP contribution in [-0.4, -0.2) is 47.6 Å². The fourth-order valence-corrected chi connectivity index (χ4v) is 3.63. The van der Waals surface area contributed by atoms with Gasteiger partial charge in [0.25, 0.3) is 0 Å². The molecule has 3 rings (SSSR count). The van der Waals surface area contributed by atoms with Crippen molar-refractivity contribution in [3.63, 3.8) is 0 Å². The van der Waals surface area contributed by atoms with Crippen LogP contribution in [0.4, 0.5) is 4.39 Å². The Morgan fingerprint density at radius 3 is 2.73 bits per heavy atom. The summed E-state index contributed by atoms with van der Waals surface area (Å²) >= 11 is 11.9. The lowest BCUT2D eigenvalue weighted by atomic mass is 10.1. The number of carbonyl (C=O) groups excluding carboxylic acids is 1. The predicted molar refractivity (Wildman–Crippen MR) is 86.0 cm³/mol. The average molecular weight is 345 g/mol. The van der Waals surface area contributed by atoms with E-state index in [0.29, 0.717) is 36.1 Å². The molecule has 0 N–H and O–H groups in total. The molecular weight excluding hydrogens is 326 g/mol. The van der Waals surface area contributed by atoms with Gasteiger partial charge in [-0.15, -0.1) is 0 Å². The molecule has 120 valence electrons. The van der Waals surface area contributed by atoms with Gasteiger partial charge in [0.15, 0.2) is 0 Å². The van der Waals surface area contributed by atoms with E-state index < -0.39 is 6.17 Å². The number of hydrogen-bond acceptors (Lipinski definition) is 2. The van der Waals surface area contributed by atoms with E-state index in [4.69, 9.17) is 23.2 Å². The maximum Gasteiger partial charge on any atom is 0.240 e. The van der Waals surface area contributed by atoms with Crippen molar-refractivity contribution < 1.29 is 9.18 Å². The summed E-state index contributed by atoms with van der Waals surface area (Å²) in [7, 11) is 0. The van der Waals surface area contributed by atoms with E-state index in [1.807, 2.05) is 15.9 Å². The van der Waals surface area contributed by atoms with Crippen LogP contribution in [0.2, 0.25) is 10.0 Å². The van der Waals surface area contributed by atoms with E-state index in [1.54, 1.807) is 12.1 Å². The highest BCUT2D eigenvalue weighted by Crippen LogP contribution is 2.26. The van der Waals surface area contributed by atoms with Gasteiger partial charge in [-0.25, -0.2) is 4.39 Å². The van der Waals surface area contributed by atoms with E-state index in [0.717, 1.165) is 24.9 Å². The second-order valence-electron chi connectivity index (χ2n) is 6.05. The highest BCUT2D eigenvalue weighted by atomic mass is 35.5. The SMILES string of the molecule is O=C1C(N2CCC[C@@H](F)C2)CCN1Cc1ccc(Cl)c(Cl)c1. The number of likely N-dealkylation sites (tertiary alicyclic amines) is 2. The molecule has 0 aromatic heterocycles. The monoisotopic (exact) mass is 344 g/mol. The molecule has 6 heteroatoms. The number of hydrogen-bond donors (Lipinski definition) is 0. The summed E-state index contributed by atoms with van der Waals surface area (Å²) in [5, 5.41) is 1.01. The van der Waals surface area contributed by atoms with Crippen LogP contribution in [0.25, 0.3) is 0 Å². The third-order valence-corrected chi connectivity index (χ3v) is 5.20. The van der Waals surface area contributed by atoms with Crippen molar-refractivity contribution in [3.8, 4) is 0 Å². The molecule has 1 amide bonds. The number of benzene rings is 1. The first-order valence-corrected chi connectivity index (χ1v) is 8.41. The van der Waals surface area contributed by atoms with Crippen LogP contribution in [0.1, 0.15) is 24.8 Å². The van der Waals surface area contributed by atoms with Gasteiger partial charge in [-0.3, -0.25) is 9.69 Å². The van der Waals surface area contributed by atoms with E-state index in [9.17, 15) is 9.18 Å². The van der Waals surface area contributed by atoms with Crippen LogP contribution in [-0.2, 0) is 11.3 Å². The lowest BCUT2D eigenvalue weighted by Gasteiger charge is -2.32. The molecule has 0 bridgehead atoms. The number of rotatable bonds is 3. The van der Waals surface area contributed by atoms with Crippen molar-refractivity contribution in [1.29, 1.82) is 0 Å². The summed E-state index contributed by atoms with van der Waals surface area (Å²) in [6.45, 7) is 2.44. The Morgan fingerprint density at radius 2 is 2.00 bits per heavy atom. The van der Waals surface area contributed by atoms with Crippen molar-refractivity contribution in [3.05, 3.63) is 33.8 Å². The summed E-state index contributed by atoms with van der Waals surface area (Å²) in [5.41, 5.74) is 0.963. The Morgan fingerprint density at radius 1 is 1.18 bits per heavy atom. The molecule has 2 fully saturated rings. The Hall–Kier alpha value is -0.840. The van der Waals surface area contributed by atoms with Gasteiger partial charge in [0.2, 0.25) is 5.91 Å². The van der Waals surface area contributed by atoms with Gasteiger partial charge in [-0.05, 0) is 43.5 Å².